The van der Waals surface area contributed by atoms with E-state index >= 15 is 0 Å². The van der Waals surface area contributed by atoms with Gasteiger partial charge in [-0.25, -0.2) is 4.98 Å². The second kappa shape index (κ2) is 6.66. The van der Waals surface area contributed by atoms with Crippen LogP contribution in [0.15, 0.2) is 30.3 Å². The molecule has 0 saturated carbocycles. The van der Waals surface area contributed by atoms with Gasteiger partial charge in [0, 0.05) is 20.6 Å². The number of hydrogen-bond donors (Lipinski definition) is 1. The molecular weight excluding hydrogens is 307 g/mol. The Morgan fingerprint density at radius 3 is 2.71 bits per heavy atom. The molecular formula is C15H14Cl2N4. The third-order valence-electron chi connectivity index (χ3n) is 2.99. The highest BCUT2D eigenvalue weighted by atomic mass is 35.5. The Kier molecular flexibility index (Phi) is 4.89. The summed E-state index contributed by atoms with van der Waals surface area (Å²) < 4.78 is 0. The van der Waals surface area contributed by atoms with Gasteiger partial charge in [0.05, 0.1) is 21.7 Å². The molecule has 21 heavy (non-hydrogen) atoms. The van der Waals surface area contributed by atoms with Gasteiger partial charge in [-0.3, -0.25) is 0 Å². The maximum absolute atomic E-state index is 8.94. The Bertz CT molecular complexity index is 695. The third-order valence-corrected chi connectivity index (χ3v) is 3.55. The van der Waals surface area contributed by atoms with Gasteiger partial charge in [0.2, 0.25) is 0 Å². The Balaban J connectivity index is 2.28. The molecule has 1 aromatic carbocycles. The van der Waals surface area contributed by atoms with Gasteiger partial charge < -0.3 is 10.2 Å². The quantitative estimate of drug-likeness (QED) is 0.927. The van der Waals surface area contributed by atoms with Crippen molar-refractivity contribution < 1.29 is 0 Å². The molecule has 6 heteroatoms. The first kappa shape index (κ1) is 15.4. The van der Waals surface area contributed by atoms with Crippen molar-refractivity contribution in [2.24, 2.45) is 0 Å². The number of rotatable bonds is 4. The van der Waals surface area contributed by atoms with Crippen molar-refractivity contribution in [3.05, 3.63) is 51.5 Å². The van der Waals surface area contributed by atoms with Gasteiger partial charge in [0.25, 0.3) is 0 Å². The normalized spacial score (nSPS) is 10.0. The first-order chi connectivity index (χ1) is 10.0. The number of aromatic nitrogens is 1. The zero-order chi connectivity index (χ0) is 15.4. The topological polar surface area (TPSA) is 52.0 Å². The van der Waals surface area contributed by atoms with Crippen LogP contribution in [0, 0.1) is 11.3 Å². The molecule has 0 aliphatic rings. The summed E-state index contributed by atoms with van der Waals surface area (Å²) in [5, 5.41) is 12.8. The van der Waals surface area contributed by atoms with Crippen LogP contribution in [-0.2, 0) is 6.54 Å². The second-order valence-electron chi connectivity index (χ2n) is 4.54. The van der Waals surface area contributed by atoms with E-state index < -0.39 is 0 Å². The van der Waals surface area contributed by atoms with E-state index in [1.807, 2.05) is 30.1 Å². The molecule has 1 aromatic heterocycles. The number of hydrogen-bond acceptors (Lipinski definition) is 4. The lowest BCUT2D eigenvalue weighted by Crippen LogP contribution is -2.18. The molecule has 2 rings (SSSR count). The Morgan fingerprint density at radius 1 is 1.29 bits per heavy atom. The van der Waals surface area contributed by atoms with Crippen LogP contribution >= 0.6 is 23.2 Å². The molecule has 4 nitrogen and oxygen atoms in total. The molecule has 0 saturated heterocycles. The minimum Gasteiger partial charge on any atom is -0.372 e. The summed E-state index contributed by atoms with van der Waals surface area (Å²) in [7, 11) is 3.64. The molecule has 0 bridgehead atoms. The standard InChI is InChI=1S/C15H14Cl2N4/c1-19-14-12(16)7-13(17)15(20-14)21(2)9-11-5-3-4-10(6-11)8-18/h3-7H,9H2,1-2H3,(H,19,20). The predicted molar refractivity (Wildman–Crippen MR) is 87.1 cm³/mol. The van der Waals surface area contributed by atoms with Crippen molar-refractivity contribution in [2.75, 3.05) is 24.3 Å². The van der Waals surface area contributed by atoms with Crippen LogP contribution in [0.25, 0.3) is 0 Å². The summed E-state index contributed by atoms with van der Waals surface area (Å²) in [5.41, 5.74) is 1.64. The van der Waals surface area contributed by atoms with Crippen LogP contribution in [-0.4, -0.2) is 19.1 Å². The smallest absolute Gasteiger partial charge is 0.149 e. The molecule has 0 amide bonds. The summed E-state index contributed by atoms with van der Waals surface area (Å²) in [4.78, 5) is 6.33. The molecule has 0 spiro atoms. The number of nitrogens with zero attached hydrogens (tertiary/aromatic N) is 3. The number of nitrogens with one attached hydrogen (secondary N) is 1. The highest BCUT2D eigenvalue weighted by molar-refractivity contribution is 6.37. The third kappa shape index (κ3) is 3.57. The van der Waals surface area contributed by atoms with Gasteiger partial charge >= 0.3 is 0 Å². The second-order valence-corrected chi connectivity index (χ2v) is 5.36. The minimum absolute atomic E-state index is 0.478. The van der Waals surface area contributed by atoms with E-state index in [0.717, 1.165) is 5.56 Å². The van der Waals surface area contributed by atoms with Gasteiger partial charge in [-0.15, -0.1) is 0 Å². The van der Waals surface area contributed by atoms with Crippen molar-refractivity contribution in [1.82, 2.24) is 4.98 Å². The van der Waals surface area contributed by atoms with Crippen molar-refractivity contribution >= 4 is 34.8 Å². The van der Waals surface area contributed by atoms with E-state index in [2.05, 4.69) is 16.4 Å². The summed E-state index contributed by atoms with van der Waals surface area (Å²) in [6, 6.07) is 11.2. The largest absolute Gasteiger partial charge is 0.372 e. The minimum atomic E-state index is 0.478. The van der Waals surface area contributed by atoms with E-state index in [-0.39, 0.29) is 0 Å². The van der Waals surface area contributed by atoms with Crippen LogP contribution in [0.5, 0.6) is 0 Å². The number of pyridine rings is 1. The van der Waals surface area contributed by atoms with E-state index in [0.29, 0.717) is 33.8 Å². The lowest BCUT2D eigenvalue weighted by atomic mass is 10.1. The van der Waals surface area contributed by atoms with E-state index in [4.69, 9.17) is 28.5 Å². The first-order valence-corrected chi connectivity index (χ1v) is 7.04. The van der Waals surface area contributed by atoms with Gasteiger partial charge in [-0.2, -0.15) is 5.26 Å². The maximum atomic E-state index is 8.94. The highest BCUT2D eigenvalue weighted by Gasteiger charge is 2.13. The van der Waals surface area contributed by atoms with E-state index in [9.17, 15) is 0 Å². The SMILES string of the molecule is CNc1nc(N(C)Cc2cccc(C#N)c2)c(Cl)cc1Cl. The van der Waals surface area contributed by atoms with Crippen molar-refractivity contribution in [3.63, 3.8) is 0 Å². The van der Waals surface area contributed by atoms with E-state index in [1.165, 1.54) is 0 Å². The average molecular weight is 321 g/mol. The predicted octanol–water partition coefficient (Wildman–Crippen LogP) is 3.94. The summed E-state index contributed by atoms with van der Waals surface area (Å²) in [6.07, 6.45) is 0. The fourth-order valence-corrected chi connectivity index (χ4v) is 2.59. The number of halogens is 2. The Morgan fingerprint density at radius 2 is 2.05 bits per heavy atom. The lowest BCUT2D eigenvalue weighted by molar-refractivity contribution is 0.898. The molecule has 1 N–H and O–H groups in total. The lowest BCUT2D eigenvalue weighted by Gasteiger charge is -2.20. The van der Waals surface area contributed by atoms with Gasteiger partial charge in [-0.1, -0.05) is 35.3 Å². The zero-order valence-electron chi connectivity index (χ0n) is 11.7. The highest BCUT2D eigenvalue weighted by Crippen LogP contribution is 2.31. The molecule has 0 aliphatic carbocycles. The number of anilines is 2. The van der Waals surface area contributed by atoms with Crippen molar-refractivity contribution in [3.8, 4) is 6.07 Å². The molecule has 2 aromatic rings. The number of nitriles is 1. The molecule has 0 atom stereocenters. The van der Waals surface area contributed by atoms with Crippen LogP contribution in [0.1, 0.15) is 11.1 Å². The van der Waals surface area contributed by atoms with Gasteiger partial charge in [0.1, 0.15) is 11.6 Å². The zero-order valence-corrected chi connectivity index (χ0v) is 13.2. The van der Waals surface area contributed by atoms with Crippen LogP contribution in [0.4, 0.5) is 11.6 Å². The fourth-order valence-electron chi connectivity index (χ4n) is 1.99. The summed E-state index contributed by atoms with van der Waals surface area (Å²) in [6.45, 7) is 0.590. The van der Waals surface area contributed by atoms with Crippen molar-refractivity contribution in [2.45, 2.75) is 6.54 Å². The summed E-state index contributed by atoms with van der Waals surface area (Å²) >= 11 is 12.3. The van der Waals surface area contributed by atoms with Crippen molar-refractivity contribution in [1.29, 1.82) is 5.26 Å². The molecule has 0 unspecified atom stereocenters. The molecule has 0 fully saturated rings. The first-order valence-electron chi connectivity index (χ1n) is 6.29. The van der Waals surface area contributed by atoms with Crippen LogP contribution in [0.2, 0.25) is 10.0 Å². The fraction of sp³-hybridized carbons (Fsp3) is 0.200. The van der Waals surface area contributed by atoms with E-state index in [1.54, 1.807) is 19.2 Å². The summed E-state index contributed by atoms with van der Waals surface area (Å²) in [5.74, 6) is 1.21. The Hall–Kier alpha value is -1.96. The van der Waals surface area contributed by atoms with Gasteiger partial charge in [0.15, 0.2) is 0 Å². The maximum Gasteiger partial charge on any atom is 0.149 e. The average Bonchev–Trinajstić information content (AvgIpc) is 2.47. The van der Waals surface area contributed by atoms with Crippen LogP contribution in [0.3, 0.4) is 0 Å². The monoisotopic (exact) mass is 320 g/mol. The molecule has 108 valence electrons. The van der Waals surface area contributed by atoms with Gasteiger partial charge in [-0.05, 0) is 23.8 Å². The Labute approximate surface area is 133 Å². The molecule has 1 heterocycles. The molecule has 0 aliphatic heterocycles. The number of benzene rings is 1. The molecule has 0 radical (unpaired) electrons. The van der Waals surface area contributed by atoms with Crippen LogP contribution < -0.4 is 10.2 Å².